The van der Waals surface area contributed by atoms with Crippen molar-refractivity contribution in [3.05, 3.63) is 128 Å². The molecule has 0 fully saturated rings. The van der Waals surface area contributed by atoms with Crippen molar-refractivity contribution in [2.75, 3.05) is 6.61 Å². The Balaban J connectivity index is 1.70. The Morgan fingerprint density at radius 1 is 0.789 bits per heavy atom. The van der Waals surface area contributed by atoms with E-state index in [1.54, 1.807) is 9.36 Å². The van der Waals surface area contributed by atoms with Gasteiger partial charge in [0.1, 0.15) is 0 Å². The van der Waals surface area contributed by atoms with Crippen LogP contribution in [0.2, 0.25) is 0 Å². The summed E-state index contributed by atoms with van der Waals surface area (Å²) in [6, 6.07) is 19.0. The van der Waals surface area contributed by atoms with Crippen molar-refractivity contribution in [2.24, 2.45) is 5.92 Å². The Hall–Kier alpha value is -4.10. The van der Waals surface area contributed by atoms with E-state index in [1.807, 2.05) is 92.7 Å². The maximum Gasteiger partial charge on any atom is 0.275 e. The first kappa shape index (κ1) is 25.5. The lowest BCUT2D eigenvalue weighted by Gasteiger charge is -2.31. The first-order valence-electron chi connectivity index (χ1n) is 13.2. The van der Waals surface area contributed by atoms with Crippen molar-refractivity contribution >= 4 is 0 Å². The minimum absolute atomic E-state index is 0.166. The number of aryl methyl sites for hydroxylation is 2. The molecule has 2 atom stereocenters. The molecular formula is C31H34N4O3. The van der Waals surface area contributed by atoms with Gasteiger partial charge in [0, 0.05) is 41.0 Å². The van der Waals surface area contributed by atoms with E-state index >= 15 is 0 Å². The average Bonchev–Trinajstić information content (AvgIpc) is 3.41. The van der Waals surface area contributed by atoms with Crippen LogP contribution in [0.3, 0.4) is 0 Å². The van der Waals surface area contributed by atoms with Gasteiger partial charge in [-0.3, -0.25) is 19.8 Å². The molecular weight excluding hydrogens is 476 g/mol. The molecule has 0 bridgehead atoms. The molecule has 7 nitrogen and oxygen atoms in total. The maximum absolute atomic E-state index is 14.0. The summed E-state index contributed by atoms with van der Waals surface area (Å²) in [6.45, 7) is 6.54. The van der Waals surface area contributed by atoms with E-state index < -0.39 is 5.92 Å². The molecule has 4 aromatic rings. The molecule has 0 spiro atoms. The second-order valence-electron chi connectivity index (χ2n) is 9.77. The number of nitrogens with one attached hydrogen (secondary N) is 2. The molecule has 2 aromatic carbocycles. The van der Waals surface area contributed by atoms with Gasteiger partial charge in [0.15, 0.2) is 0 Å². The van der Waals surface area contributed by atoms with E-state index in [0.717, 1.165) is 35.6 Å². The fraction of sp³-hybridized carbons (Fsp3) is 0.290. The van der Waals surface area contributed by atoms with Gasteiger partial charge in [0.25, 0.3) is 11.1 Å². The number of rotatable bonds is 9. The first-order valence-corrected chi connectivity index (χ1v) is 13.2. The summed E-state index contributed by atoms with van der Waals surface area (Å²) < 4.78 is 9.45. The van der Waals surface area contributed by atoms with Crippen LogP contribution >= 0.6 is 0 Å². The van der Waals surface area contributed by atoms with Crippen molar-refractivity contribution in [3.63, 3.8) is 0 Å². The van der Waals surface area contributed by atoms with E-state index in [1.165, 1.54) is 0 Å². The number of aromatic nitrogens is 4. The molecule has 0 saturated carbocycles. The van der Waals surface area contributed by atoms with Crippen LogP contribution < -0.4 is 11.1 Å². The molecule has 2 N–H and O–H groups in total. The number of hydrogen-bond acceptors (Lipinski definition) is 3. The number of allylic oxidation sites excluding steroid dienone is 2. The monoisotopic (exact) mass is 510 g/mol. The Morgan fingerprint density at radius 3 is 1.79 bits per heavy atom. The lowest BCUT2D eigenvalue weighted by atomic mass is 9.76. The summed E-state index contributed by atoms with van der Waals surface area (Å²) in [4.78, 5) is 28.1. The number of benzene rings is 2. The lowest BCUT2D eigenvalue weighted by molar-refractivity contribution is 0.0506. The molecule has 0 aliphatic heterocycles. The zero-order valence-corrected chi connectivity index (χ0v) is 22.1. The van der Waals surface area contributed by atoms with Crippen molar-refractivity contribution in [1.29, 1.82) is 0 Å². The molecule has 1 aliphatic carbocycles. The minimum Gasteiger partial charge on any atom is -0.373 e. The number of nitrogens with zero attached hydrogens (tertiary/aromatic N) is 2. The molecule has 2 aromatic heterocycles. The molecule has 7 heteroatoms. The average molecular weight is 511 g/mol. The molecule has 1 aliphatic rings. The van der Waals surface area contributed by atoms with Gasteiger partial charge in [-0.15, -0.1) is 0 Å². The minimum atomic E-state index is -0.523. The van der Waals surface area contributed by atoms with E-state index in [-0.39, 0.29) is 23.1 Å². The normalized spacial score (nSPS) is 16.9. The summed E-state index contributed by atoms with van der Waals surface area (Å²) >= 11 is 0. The van der Waals surface area contributed by atoms with Gasteiger partial charge >= 0.3 is 0 Å². The Kier molecular flexibility index (Phi) is 7.47. The fourth-order valence-electron chi connectivity index (χ4n) is 5.33. The van der Waals surface area contributed by atoms with E-state index in [9.17, 15) is 9.59 Å². The number of hydrogen-bond donors (Lipinski definition) is 2. The van der Waals surface area contributed by atoms with E-state index in [0.29, 0.717) is 17.7 Å². The summed E-state index contributed by atoms with van der Waals surface area (Å²) in [5.74, 6) is -0.764. The summed E-state index contributed by atoms with van der Waals surface area (Å²) in [7, 11) is 0. The van der Waals surface area contributed by atoms with Gasteiger partial charge in [0.2, 0.25) is 0 Å². The van der Waals surface area contributed by atoms with Crippen LogP contribution in [0.25, 0.3) is 11.4 Å². The predicted octanol–water partition coefficient (Wildman–Crippen LogP) is 5.32. The largest absolute Gasteiger partial charge is 0.373 e. The van der Waals surface area contributed by atoms with Crippen LogP contribution in [0.1, 0.15) is 48.2 Å². The topological polar surface area (TPSA) is 84.8 Å². The molecule has 0 amide bonds. The Labute approximate surface area is 222 Å². The zero-order chi connectivity index (χ0) is 26.6. The molecule has 38 heavy (non-hydrogen) atoms. The second kappa shape index (κ2) is 11.1. The molecule has 0 unspecified atom stereocenters. The van der Waals surface area contributed by atoms with Crippen LogP contribution in [-0.4, -0.2) is 32.3 Å². The standard InChI is InChI=1S/C31H34N4O3/c1-4-5-20-38-26-19-13-12-18-25(26)29(27-21(2)32-34(30(27)36)23-14-8-6-9-15-23)28-22(3)33-35(31(28)37)24-16-10-7-11-17-24/h6-19,25-26,29,32-33H,4-5,20H2,1-3H3/t25-,26+/m1/s1. The van der Waals surface area contributed by atoms with Gasteiger partial charge in [0.05, 0.1) is 17.5 Å². The third-order valence-electron chi connectivity index (χ3n) is 7.20. The first-order chi connectivity index (χ1) is 18.5. The summed E-state index contributed by atoms with van der Waals surface area (Å²) in [5, 5.41) is 6.53. The lowest BCUT2D eigenvalue weighted by Crippen LogP contribution is -2.34. The highest BCUT2D eigenvalue weighted by molar-refractivity contribution is 5.43. The van der Waals surface area contributed by atoms with Crippen LogP contribution in [0.4, 0.5) is 0 Å². The molecule has 196 valence electrons. The van der Waals surface area contributed by atoms with Crippen molar-refractivity contribution in [1.82, 2.24) is 19.6 Å². The Bertz CT molecular complexity index is 1460. The van der Waals surface area contributed by atoms with Gasteiger partial charge in [-0.2, -0.15) is 0 Å². The van der Waals surface area contributed by atoms with Gasteiger partial charge < -0.3 is 4.74 Å². The number of aromatic amines is 2. The third-order valence-corrected chi connectivity index (χ3v) is 7.20. The Morgan fingerprint density at radius 2 is 1.29 bits per heavy atom. The molecule has 0 radical (unpaired) electrons. The van der Waals surface area contributed by atoms with E-state index in [2.05, 4.69) is 23.2 Å². The number of para-hydroxylation sites is 2. The van der Waals surface area contributed by atoms with Gasteiger partial charge in [-0.05, 0) is 44.5 Å². The van der Waals surface area contributed by atoms with E-state index in [4.69, 9.17) is 4.74 Å². The number of unbranched alkanes of at least 4 members (excludes halogenated alkanes) is 1. The smallest absolute Gasteiger partial charge is 0.275 e. The van der Waals surface area contributed by atoms with Crippen molar-refractivity contribution in [3.8, 4) is 11.4 Å². The van der Waals surface area contributed by atoms with Gasteiger partial charge in [-0.1, -0.05) is 74.0 Å². The molecule has 0 saturated heterocycles. The predicted molar refractivity (Wildman–Crippen MR) is 151 cm³/mol. The highest BCUT2D eigenvalue weighted by Crippen LogP contribution is 2.38. The van der Waals surface area contributed by atoms with Crippen molar-refractivity contribution < 1.29 is 4.74 Å². The van der Waals surface area contributed by atoms with Crippen LogP contribution in [-0.2, 0) is 4.74 Å². The number of ether oxygens (including phenoxy) is 1. The maximum atomic E-state index is 14.0. The highest BCUT2D eigenvalue weighted by Gasteiger charge is 2.38. The molecule has 5 rings (SSSR count). The fourth-order valence-corrected chi connectivity index (χ4v) is 5.33. The van der Waals surface area contributed by atoms with Crippen LogP contribution in [0.5, 0.6) is 0 Å². The quantitative estimate of drug-likeness (QED) is 0.299. The molecule has 2 heterocycles. The van der Waals surface area contributed by atoms with Crippen molar-refractivity contribution in [2.45, 2.75) is 45.6 Å². The SMILES string of the molecule is CCCCO[C@H]1C=CC=C[C@H]1C(c1c(C)[nH]n(-c2ccccc2)c1=O)c1c(C)[nH]n(-c2ccccc2)c1=O. The highest BCUT2D eigenvalue weighted by atomic mass is 16.5. The third kappa shape index (κ3) is 4.77. The second-order valence-corrected chi connectivity index (χ2v) is 9.77. The van der Waals surface area contributed by atoms with Crippen LogP contribution in [0, 0.1) is 19.8 Å². The van der Waals surface area contributed by atoms with Crippen LogP contribution in [0.15, 0.2) is 94.6 Å². The summed E-state index contributed by atoms with van der Waals surface area (Å²) in [5.41, 5.74) is 3.75. The zero-order valence-electron chi connectivity index (χ0n) is 22.1. The number of H-pyrrole nitrogens is 2. The summed E-state index contributed by atoms with van der Waals surface area (Å²) in [6.07, 6.45) is 9.75. The van der Waals surface area contributed by atoms with Gasteiger partial charge in [-0.25, -0.2) is 9.36 Å².